The molecule has 0 radical (unpaired) electrons. The number of hydrogen-bond donors (Lipinski definition) is 0. The molecule has 1 aliphatic heterocycles. The Morgan fingerprint density at radius 2 is 2.14 bits per heavy atom. The molecule has 0 amide bonds. The Bertz CT molecular complexity index is 708. The molecule has 0 saturated heterocycles. The van der Waals surface area contributed by atoms with Gasteiger partial charge in [0.1, 0.15) is 0 Å². The molecule has 0 spiro atoms. The minimum Gasteiger partial charge on any atom is -0.618 e. The van der Waals surface area contributed by atoms with Gasteiger partial charge in [-0.1, -0.05) is 18.2 Å². The SMILES string of the molecule is CC=CC1=CC=C2[C@@H](C1)Cn1cc(OC)c(OC)c1C=[N+]2[O-]. The van der Waals surface area contributed by atoms with Crippen LogP contribution in [0, 0.1) is 11.1 Å². The summed E-state index contributed by atoms with van der Waals surface area (Å²) in [5, 5.41) is 12.5. The predicted octanol–water partition coefficient (Wildman–Crippen LogP) is 2.85. The molecule has 2 heterocycles. The van der Waals surface area contributed by atoms with Crippen LogP contribution in [0.2, 0.25) is 0 Å². The van der Waals surface area contributed by atoms with E-state index < -0.39 is 0 Å². The van der Waals surface area contributed by atoms with Gasteiger partial charge in [-0.25, -0.2) is 0 Å². The molecule has 0 N–H and O–H groups in total. The van der Waals surface area contributed by atoms with Crippen LogP contribution >= 0.6 is 0 Å². The maximum absolute atomic E-state index is 12.5. The van der Waals surface area contributed by atoms with Crippen molar-refractivity contribution in [2.45, 2.75) is 19.9 Å². The average molecular weight is 300 g/mol. The summed E-state index contributed by atoms with van der Waals surface area (Å²) in [6, 6.07) is 0. The number of methoxy groups -OCH3 is 2. The summed E-state index contributed by atoms with van der Waals surface area (Å²) in [5.74, 6) is 1.40. The van der Waals surface area contributed by atoms with Gasteiger partial charge in [0.15, 0.2) is 22.9 Å². The predicted molar refractivity (Wildman–Crippen MR) is 85.4 cm³/mol. The lowest BCUT2D eigenvalue weighted by Gasteiger charge is -2.20. The van der Waals surface area contributed by atoms with Gasteiger partial charge in [0.05, 0.1) is 26.3 Å². The number of allylic oxidation sites excluding steroid dienone is 6. The number of nitrogens with zero attached hydrogens (tertiary/aromatic N) is 2. The summed E-state index contributed by atoms with van der Waals surface area (Å²) in [6.45, 7) is 2.73. The molecular formula is C17H20N2O3. The normalized spacial score (nSPS) is 20.5. The molecule has 2 aliphatic rings. The van der Waals surface area contributed by atoms with E-state index >= 15 is 0 Å². The van der Waals surface area contributed by atoms with Crippen LogP contribution in [0.5, 0.6) is 11.5 Å². The Hall–Kier alpha value is -2.43. The number of ether oxygens (including phenoxy) is 2. The van der Waals surface area contributed by atoms with E-state index in [1.165, 1.54) is 5.57 Å². The number of aromatic nitrogens is 1. The molecule has 1 aliphatic carbocycles. The molecule has 1 atom stereocenters. The summed E-state index contributed by atoms with van der Waals surface area (Å²) in [7, 11) is 3.19. The maximum Gasteiger partial charge on any atom is 0.208 e. The topological polar surface area (TPSA) is 49.5 Å². The summed E-state index contributed by atoms with van der Waals surface area (Å²) in [5.41, 5.74) is 2.77. The average Bonchev–Trinajstić information content (AvgIpc) is 2.77. The molecule has 0 bridgehead atoms. The molecule has 1 aromatic rings. The van der Waals surface area contributed by atoms with E-state index in [9.17, 15) is 5.21 Å². The zero-order valence-electron chi connectivity index (χ0n) is 13.1. The first-order valence-electron chi connectivity index (χ1n) is 7.33. The molecule has 0 fully saturated rings. The molecule has 22 heavy (non-hydrogen) atoms. The van der Waals surface area contributed by atoms with Gasteiger partial charge in [-0.3, -0.25) is 0 Å². The van der Waals surface area contributed by atoms with Crippen molar-refractivity contribution in [2.24, 2.45) is 5.92 Å². The van der Waals surface area contributed by atoms with E-state index in [1.54, 1.807) is 20.4 Å². The smallest absolute Gasteiger partial charge is 0.208 e. The van der Waals surface area contributed by atoms with E-state index in [1.807, 2.05) is 35.9 Å². The second-order valence-electron chi connectivity index (χ2n) is 5.46. The zero-order valence-corrected chi connectivity index (χ0v) is 13.1. The first kappa shape index (κ1) is 14.5. The van der Waals surface area contributed by atoms with Gasteiger partial charge >= 0.3 is 0 Å². The Balaban J connectivity index is 2.05. The van der Waals surface area contributed by atoms with Crippen molar-refractivity contribution in [2.75, 3.05) is 14.2 Å². The van der Waals surface area contributed by atoms with Crippen LogP contribution in [-0.4, -0.2) is 29.7 Å². The largest absolute Gasteiger partial charge is 0.618 e. The Morgan fingerprint density at radius 1 is 1.32 bits per heavy atom. The van der Waals surface area contributed by atoms with E-state index in [2.05, 4.69) is 6.08 Å². The van der Waals surface area contributed by atoms with Gasteiger partial charge in [-0.2, -0.15) is 4.74 Å². The molecule has 1 aromatic heterocycles. The first-order chi connectivity index (χ1) is 10.7. The van der Waals surface area contributed by atoms with E-state index in [0.717, 1.165) is 29.1 Å². The van der Waals surface area contributed by atoms with Crippen LogP contribution in [0.4, 0.5) is 0 Å². The van der Waals surface area contributed by atoms with Crippen molar-refractivity contribution in [3.05, 3.63) is 52.7 Å². The highest BCUT2D eigenvalue weighted by Crippen LogP contribution is 2.37. The van der Waals surface area contributed by atoms with Gasteiger partial charge in [-0.15, -0.1) is 0 Å². The summed E-state index contributed by atoms with van der Waals surface area (Å²) < 4.78 is 13.7. The monoisotopic (exact) mass is 300 g/mol. The standard InChI is InChI=1S/C17H20N2O3/c1-4-5-12-6-7-14-13(8-12)9-18-11-16(21-2)17(22-3)15(18)10-19(14)20/h4-7,10-11,13H,8-9H2,1-3H3/t13-/m0/s1. The van der Waals surface area contributed by atoms with Crippen LogP contribution in [0.1, 0.15) is 19.0 Å². The molecule has 116 valence electrons. The fourth-order valence-corrected chi connectivity index (χ4v) is 3.12. The minimum absolute atomic E-state index is 0.146. The quantitative estimate of drug-likeness (QED) is 0.637. The fourth-order valence-electron chi connectivity index (χ4n) is 3.12. The number of fused-ring (bicyclic) bond motifs is 2. The second-order valence-corrected chi connectivity index (χ2v) is 5.46. The van der Waals surface area contributed by atoms with Crippen molar-refractivity contribution >= 4 is 6.21 Å². The van der Waals surface area contributed by atoms with Crippen LogP contribution in [0.25, 0.3) is 0 Å². The third-order valence-corrected chi connectivity index (χ3v) is 4.12. The lowest BCUT2D eigenvalue weighted by molar-refractivity contribution is -0.404. The lowest BCUT2D eigenvalue weighted by atomic mass is 9.91. The zero-order chi connectivity index (χ0) is 15.7. The van der Waals surface area contributed by atoms with Gasteiger partial charge in [0.25, 0.3) is 0 Å². The van der Waals surface area contributed by atoms with Gasteiger partial charge in [-0.05, 0) is 18.9 Å². The van der Waals surface area contributed by atoms with Crippen molar-refractivity contribution in [3.8, 4) is 11.5 Å². The lowest BCUT2D eigenvalue weighted by Crippen LogP contribution is -2.18. The minimum atomic E-state index is 0.146. The molecule has 0 saturated carbocycles. The Kier molecular flexibility index (Phi) is 3.79. The summed E-state index contributed by atoms with van der Waals surface area (Å²) in [4.78, 5) is 0. The molecular weight excluding hydrogens is 280 g/mol. The maximum atomic E-state index is 12.5. The van der Waals surface area contributed by atoms with Crippen molar-refractivity contribution in [1.82, 2.24) is 4.57 Å². The third-order valence-electron chi connectivity index (χ3n) is 4.12. The first-order valence-corrected chi connectivity index (χ1v) is 7.33. The van der Waals surface area contributed by atoms with Crippen molar-refractivity contribution in [3.63, 3.8) is 0 Å². The highest BCUT2D eigenvalue weighted by atomic mass is 16.5. The number of hydrogen-bond acceptors (Lipinski definition) is 3. The second kappa shape index (κ2) is 5.75. The third kappa shape index (κ3) is 2.32. The van der Waals surface area contributed by atoms with E-state index in [0.29, 0.717) is 11.5 Å². The van der Waals surface area contributed by atoms with Gasteiger partial charge in [0, 0.05) is 12.6 Å². The van der Waals surface area contributed by atoms with Crippen LogP contribution in [0.3, 0.4) is 0 Å². The van der Waals surface area contributed by atoms with E-state index in [-0.39, 0.29) is 5.92 Å². The Morgan fingerprint density at radius 3 is 2.82 bits per heavy atom. The molecule has 5 heteroatoms. The number of rotatable bonds is 3. The molecule has 0 unspecified atom stereocenters. The molecule has 5 nitrogen and oxygen atoms in total. The summed E-state index contributed by atoms with van der Waals surface area (Å²) in [6.07, 6.45) is 12.4. The molecule has 3 rings (SSSR count). The summed E-state index contributed by atoms with van der Waals surface area (Å²) >= 11 is 0. The fraction of sp³-hybridized carbons (Fsp3) is 0.353. The Labute approximate surface area is 130 Å². The number of hydroxylamine groups is 1. The van der Waals surface area contributed by atoms with Gasteiger partial charge in [0.2, 0.25) is 6.21 Å². The van der Waals surface area contributed by atoms with Crippen molar-refractivity contribution in [1.29, 1.82) is 0 Å². The highest BCUT2D eigenvalue weighted by Gasteiger charge is 2.31. The highest BCUT2D eigenvalue weighted by molar-refractivity contribution is 5.81. The van der Waals surface area contributed by atoms with Gasteiger partial charge < -0.3 is 19.2 Å². The van der Waals surface area contributed by atoms with Crippen LogP contribution in [0.15, 0.2) is 41.8 Å². The molecule has 0 aromatic carbocycles. The van der Waals surface area contributed by atoms with Crippen LogP contribution < -0.4 is 9.47 Å². The van der Waals surface area contributed by atoms with Crippen LogP contribution in [-0.2, 0) is 6.54 Å². The van der Waals surface area contributed by atoms with E-state index in [4.69, 9.17) is 9.47 Å². The van der Waals surface area contributed by atoms with Crippen molar-refractivity contribution < 1.29 is 14.2 Å².